The zero-order chi connectivity index (χ0) is 23.8. The fourth-order valence-corrected chi connectivity index (χ4v) is 5.87. The number of benzene rings is 2. The summed E-state index contributed by atoms with van der Waals surface area (Å²) in [4.78, 5) is 0. The smallest absolute Gasteiger partial charge is 0.142 e. The molecule has 0 heterocycles. The van der Waals surface area contributed by atoms with Gasteiger partial charge in [-0.05, 0) is 105 Å². The van der Waals surface area contributed by atoms with Gasteiger partial charge in [0.05, 0.1) is 5.56 Å². The van der Waals surface area contributed by atoms with Crippen molar-refractivity contribution < 1.29 is 9.13 Å². The number of allylic oxidation sites excluding steroid dienone is 2. The molecule has 0 aromatic heterocycles. The fraction of sp³-hybridized carbons (Fsp3) is 0.438. The summed E-state index contributed by atoms with van der Waals surface area (Å²) < 4.78 is 19.7. The molecule has 2 aromatic carbocycles. The van der Waals surface area contributed by atoms with E-state index in [1.165, 1.54) is 63.0 Å². The molecular formula is C32H37FO. The summed E-state index contributed by atoms with van der Waals surface area (Å²) in [7, 11) is 0. The highest BCUT2D eigenvalue weighted by molar-refractivity contribution is 5.46. The SMILES string of the molecule is C=CCOc1ccc(C#Cc2ccc(C3CCC4CC(CC/C=C/C)CCC4C3)cc2)c(F)c1. The zero-order valence-corrected chi connectivity index (χ0v) is 20.4. The minimum absolute atomic E-state index is 0.358. The van der Waals surface area contributed by atoms with E-state index in [2.05, 4.69) is 61.8 Å². The topological polar surface area (TPSA) is 9.23 Å². The van der Waals surface area contributed by atoms with Gasteiger partial charge in [-0.2, -0.15) is 0 Å². The van der Waals surface area contributed by atoms with Crippen LogP contribution in [0.25, 0.3) is 0 Å². The summed E-state index contributed by atoms with van der Waals surface area (Å²) in [5.74, 6) is 9.65. The highest BCUT2D eigenvalue weighted by atomic mass is 19.1. The van der Waals surface area contributed by atoms with Crippen molar-refractivity contribution in [3.8, 4) is 17.6 Å². The van der Waals surface area contributed by atoms with Crippen LogP contribution in [0.5, 0.6) is 5.75 Å². The van der Waals surface area contributed by atoms with Crippen LogP contribution in [0.2, 0.25) is 0 Å². The Labute approximate surface area is 205 Å². The molecule has 1 nitrogen and oxygen atoms in total. The molecule has 0 aliphatic heterocycles. The van der Waals surface area contributed by atoms with E-state index in [0.717, 1.165) is 23.3 Å². The lowest BCUT2D eigenvalue weighted by molar-refractivity contribution is 0.115. The van der Waals surface area contributed by atoms with Gasteiger partial charge in [-0.3, -0.25) is 0 Å². The van der Waals surface area contributed by atoms with Crippen molar-refractivity contribution in [3.05, 3.63) is 89.8 Å². The normalized spacial score (nSPS) is 24.2. The Hall–Kier alpha value is -2.79. The maximum absolute atomic E-state index is 14.3. The highest BCUT2D eigenvalue weighted by Crippen LogP contribution is 2.48. The zero-order valence-electron chi connectivity index (χ0n) is 20.4. The molecule has 0 radical (unpaired) electrons. The molecule has 4 unspecified atom stereocenters. The van der Waals surface area contributed by atoms with Crippen LogP contribution in [-0.2, 0) is 0 Å². The molecule has 0 N–H and O–H groups in total. The first-order valence-corrected chi connectivity index (χ1v) is 12.9. The first kappa shape index (κ1) is 24.3. The van der Waals surface area contributed by atoms with E-state index in [1.807, 2.05) is 0 Å². The van der Waals surface area contributed by atoms with Crippen LogP contribution in [0.1, 0.15) is 80.9 Å². The summed E-state index contributed by atoms with van der Waals surface area (Å²) in [6.07, 6.45) is 17.1. The molecule has 2 aliphatic rings. The van der Waals surface area contributed by atoms with E-state index in [9.17, 15) is 4.39 Å². The van der Waals surface area contributed by atoms with E-state index >= 15 is 0 Å². The summed E-state index contributed by atoms with van der Waals surface area (Å²) in [6.45, 7) is 6.08. The number of hydrogen-bond donors (Lipinski definition) is 0. The lowest BCUT2D eigenvalue weighted by Gasteiger charge is -2.42. The quantitative estimate of drug-likeness (QED) is 0.300. The van der Waals surface area contributed by atoms with E-state index in [-0.39, 0.29) is 5.82 Å². The van der Waals surface area contributed by atoms with Crippen LogP contribution in [0.3, 0.4) is 0 Å². The van der Waals surface area contributed by atoms with Crippen molar-refractivity contribution in [2.45, 2.75) is 64.2 Å². The predicted octanol–water partition coefficient (Wildman–Crippen LogP) is 8.45. The van der Waals surface area contributed by atoms with Gasteiger partial charge in [-0.25, -0.2) is 4.39 Å². The fourth-order valence-electron chi connectivity index (χ4n) is 5.87. The minimum Gasteiger partial charge on any atom is -0.489 e. The van der Waals surface area contributed by atoms with Gasteiger partial charge in [0, 0.05) is 11.6 Å². The maximum atomic E-state index is 14.3. The lowest BCUT2D eigenvalue weighted by atomic mass is 9.63. The Balaban J connectivity index is 1.32. The second-order valence-electron chi connectivity index (χ2n) is 9.97. The molecule has 0 spiro atoms. The monoisotopic (exact) mass is 456 g/mol. The highest BCUT2D eigenvalue weighted by Gasteiger charge is 2.35. The standard InChI is InChI=1S/C32H37FO/c1-3-5-6-7-25-11-15-30-22-29(17-16-28(30)21-25)26-12-8-24(9-13-26)10-14-27-18-19-31(23-32(27)33)34-20-4-2/h3-5,8-9,12-13,18-19,23,25,28-30H,2,6-7,11,15-17,20-22H2,1H3/b5-3+. The van der Waals surface area contributed by atoms with E-state index in [4.69, 9.17) is 4.74 Å². The van der Waals surface area contributed by atoms with E-state index < -0.39 is 0 Å². The molecule has 0 bridgehead atoms. The second kappa shape index (κ2) is 12.1. The van der Waals surface area contributed by atoms with E-state index in [0.29, 0.717) is 23.8 Å². The molecule has 2 aliphatic carbocycles. The average molecular weight is 457 g/mol. The van der Waals surface area contributed by atoms with Gasteiger partial charge in [-0.1, -0.05) is 55.2 Å². The summed E-state index contributed by atoms with van der Waals surface area (Å²) in [5.41, 5.74) is 2.74. The third-order valence-electron chi connectivity index (χ3n) is 7.73. The Kier molecular flexibility index (Phi) is 8.64. The van der Waals surface area contributed by atoms with Crippen molar-refractivity contribution >= 4 is 0 Å². The Morgan fingerprint density at radius 3 is 2.56 bits per heavy atom. The molecule has 178 valence electrons. The molecule has 2 aromatic rings. The van der Waals surface area contributed by atoms with E-state index in [1.54, 1.807) is 18.2 Å². The van der Waals surface area contributed by atoms with Gasteiger partial charge in [0.2, 0.25) is 0 Å². The summed E-state index contributed by atoms with van der Waals surface area (Å²) in [6, 6.07) is 13.4. The molecular weight excluding hydrogens is 419 g/mol. The van der Waals surface area contributed by atoms with Crippen molar-refractivity contribution in [1.82, 2.24) is 0 Å². The van der Waals surface area contributed by atoms with Crippen LogP contribution in [0.15, 0.2) is 67.3 Å². The van der Waals surface area contributed by atoms with Crippen molar-refractivity contribution in [1.29, 1.82) is 0 Å². The van der Waals surface area contributed by atoms with Gasteiger partial charge >= 0.3 is 0 Å². The molecule has 2 heteroatoms. The van der Waals surface area contributed by atoms with Crippen molar-refractivity contribution in [3.63, 3.8) is 0 Å². The molecule has 34 heavy (non-hydrogen) atoms. The Morgan fingerprint density at radius 1 is 1.00 bits per heavy atom. The summed E-state index contributed by atoms with van der Waals surface area (Å²) in [5, 5.41) is 0. The van der Waals surface area contributed by atoms with Gasteiger partial charge in [-0.15, -0.1) is 0 Å². The number of halogens is 1. The van der Waals surface area contributed by atoms with Gasteiger partial charge in [0.15, 0.2) is 0 Å². The van der Waals surface area contributed by atoms with Gasteiger partial charge in [0.1, 0.15) is 18.2 Å². The molecule has 4 atom stereocenters. The molecule has 0 amide bonds. The van der Waals surface area contributed by atoms with Crippen molar-refractivity contribution in [2.24, 2.45) is 17.8 Å². The molecule has 0 saturated heterocycles. The lowest BCUT2D eigenvalue weighted by Crippen LogP contribution is -2.30. The average Bonchev–Trinajstić information content (AvgIpc) is 2.87. The maximum Gasteiger partial charge on any atom is 0.142 e. The third-order valence-corrected chi connectivity index (χ3v) is 7.73. The van der Waals surface area contributed by atoms with Crippen LogP contribution < -0.4 is 4.74 Å². The van der Waals surface area contributed by atoms with Gasteiger partial charge < -0.3 is 4.74 Å². The van der Waals surface area contributed by atoms with Gasteiger partial charge in [0.25, 0.3) is 0 Å². The molecule has 2 saturated carbocycles. The minimum atomic E-state index is -0.362. The molecule has 2 fully saturated rings. The summed E-state index contributed by atoms with van der Waals surface area (Å²) >= 11 is 0. The van der Waals surface area contributed by atoms with Crippen molar-refractivity contribution in [2.75, 3.05) is 6.61 Å². The second-order valence-corrected chi connectivity index (χ2v) is 9.97. The number of ether oxygens (including phenoxy) is 1. The van der Waals surface area contributed by atoms with Crippen LogP contribution in [0, 0.1) is 35.4 Å². The number of fused-ring (bicyclic) bond motifs is 1. The molecule has 4 rings (SSSR count). The number of rotatable bonds is 7. The van der Waals surface area contributed by atoms with Crippen LogP contribution >= 0.6 is 0 Å². The Morgan fingerprint density at radius 2 is 1.79 bits per heavy atom. The Bertz CT molecular complexity index is 1040. The largest absolute Gasteiger partial charge is 0.489 e. The predicted molar refractivity (Wildman–Crippen MR) is 139 cm³/mol. The van der Waals surface area contributed by atoms with Crippen LogP contribution in [-0.4, -0.2) is 6.61 Å². The first-order chi connectivity index (χ1) is 16.7. The van der Waals surface area contributed by atoms with Crippen LogP contribution in [0.4, 0.5) is 4.39 Å². The third kappa shape index (κ3) is 6.41. The number of hydrogen-bond acceptors (Lipinski definition) is 1. The first-order valence-electron chi connectivity index (χ1n) is 12.9.